The zero-order valence-electron chi connectivity index (χ0n) is 11.7. The van der Waals surface area contributed by atoms with Crippen molar-refractivity contribution in [1.82, 2.24) is 5.32 Å². The molecule has 21 heavy (non-hydrogen) atoms. The van der Waals surface area contributed by atoms with E-state index < -0.39 is 0 Å². The van der Waals surface area contributed by atoms with Crippen molar-refractivity contribution < 1.29 is 4.79 Å². The highest BCUT2D eigenvalue weighted by atomic mass is 16.1. The third-order valence-corrected chi connectivity index (χ3v) is 3.31. The Hall–Kier alpha value is -2.57. The second kappa shape index (κ2) is 6.74. The smallest absolute Gasteiger partial charge is 0.251 e. The lowest BCUT2D eigenvalue weighted by Crippen LogP contribution is -2.32. The molecule has 0 aliphatic heterocycles. The van der Waals surface area contributed by atoms with Gasteiger partial charge in [0.05, 0.1) is 5.69 Å². The van der Waals surface area contributed by atoms with Gasteiger partial charge in [-0.1, -0.05) is 12.8 Å². The van der Waals surface area contributed by atoms with Crippen molar-refractivity contribution in [3.8, 4) is 0 Å². The van der Waals surface area contributed by atoms with E-state index in [0.717, 1.165) is 12.8 Å². The maximum atomic E-state index is 12.1. The molecule has 7 heteroatoms. The lowest BCUT2D eigenvalue weighted by molar-refractivity contribution is 0.0938. The van der Waals surface area contributed by atoms with Crippen molar-refractivity contribution >= 4 is 23.5 Å². The highest BCUT2D eigenvalue weighted by molar-refractivity contribution is 5.95. The first-order valence-electron chi connectivity index (χ1n) is 6.89. The number of nitrogens with zero attached hydrogens (tertiary/aromatic N) is 2. The zero-order valence-corrected chi connectivity index (χ0v) is 11.7. The number of hydrogen-bond donors (Lipinski definition) is 4. The molecule has 7 nitrogen and oxygen atoms in total. The van der Waals surface area contributed by atoms with Gasteiger partial charge in [-0.2, -0.15) is 4.99 Å². The van der Waals surface area contributed by atoms with Crippen molar-refractivity contribution in [2.45, 2.75) is 31.7 Å². The number of carbonyl (C=O) groups excluding carboxylic acids is 1. The van der Waals surface area contributed by atoms with E-state index >= 15 is 0 Å². The largest absolute Gasteiger partial charge is 0.370 e. The van der Waals surface area contributed by atoms with Crippen LogP contribution in [0.4, 0.5) is 5.69 Å². The van der Waals surface area contributed by atoms with Gasteiger partial charge in [-0.3, -0.25) is 4.79 Å². The van der Waals surface area contributed by atoms with E-state index in [9.17, 15) is 4.79 Å². The molecule has 1 aliphatic carbocycles. The summed E-state index contributed by atoms with van der Waals surface area (Å²) in [5.74, 6) is -0.239. The van der Waals surface area contributed by atoms with Crippen LogP contribution < -0.4 is 22.5 Å². The molecule has 1 aliphatic rings. The summed E-state index contributed by atoms with van der Waals surface area (Å²) in [4.78, 5) is 19.7. The van der Waals surface area contributed by atoms with Gasteiger partial charge in [0.15, 0.2) is 5.96 Å². The van der Waals surface area contributed by atoms with Crippen LogP contribution in [0.2, 0.25) is 0 Å². The van der Waals surface area contributed by atoms with Crippen molar-refractivity contribution in [3.05, 3.63) is 29.8 Å². The highest BCUT2D eigenvalue weighted by Crippen LogP contribution is 2.19. The monoisotopic (exact) mass is 288 g/mol. The van der Waals surface area contributed by atoms with E-state index in [-0.39, 0.29) is 17.8 Å². The Labute approximate surface area is 123 Å². The number of guanidine groups is 2. The number of hydrogen-bond acceptors (Lipinski definition) is 2. The Bertz CT molecular complexity index is 553. The van der Waals surface area contributed by atoms with Gasteiger partial charge in [-0.25, -0.2) is 4.99 Å². The van der Waals surface area contributed by atoms with Gasteiger partial charge in [0.1, 0.15) is 0 Å². The normalized spacial score (nSPS) is 15.7. The number of carbonyl (C=O) groups is 1. The van der Waals surface area contributed by atoms with E-state index in [1.165, 1.54) is 12.8 Å². The molecule has 112 valence electrons. The van der Waals surface area contributed by atoms with Crippen molar-refractivity contribution in [3.63, 3.8) is 0 Å². The fourth-order valence-electron chi connectivity index (χ4n) is 2.32. The fourth-order valence-corrected chi connectivity index (χ4v) is 2.32. The van der Waals surface area contributed by atoms with Gasteiger partial charge in [0, 0.05) is 11.6 Å². The topological polar surface area (TPSA) is 132 Å². The molecule has 0 heterocycles. The molecule has 1 aromatic carbocycles. The number of nitrogens with two attached hydrogens (primary N) is 3. The van der Waals surface area contributed by atoms with Crippen molar-refractivity contribution in [1.29, 1.82) is 0 Å². The van der Waals surface area contributed by atoms with Crippen LogP contribution in [-0.2, 0) is 0 Å². The average molecular weight is 288 g/mol. The Balaban J connectivity index is 2.01. The maximum absolute atomic E-state index is 12.1. The van der Waals surface area contributed by atoms with E-state index in [0.29, 0.717) is 17.3 Å². The van der Waals surface area contributed by atoms with Gasteiger partial charge in [0.2, 0.25) is 5.96 Å². The minimum atomic E-state index is -0.149. The number of amides is 1. The molecule has 0 spiro atoms. The second-order valence-corrected chi connectivity index (χ2v) is 5.01. The van der Waals surface area contributed by atoms with Crippen LogP contribution in [-0.4, -0.2) is 23.9 Å². The molecule has 1 aromatic rings. The number of nitrogens with one attached hydrogen (secondary N) is 1. The predicted molar refractivity (Wildman–Crippen MR) is 83.3 cm³/mol. The minimum Gasteiger partial charge on any atom is -0.370 e. The first-order chi connectivity index (χ1) is 10.0. The zero-order chi connectivity index (χ0) is 15.2. The molecular formula is C14H20N6O. The molecule has 1 saturated carbocycles. The van der Waals surface area contributed by atoms with E-state index in [4.69, 9.17) is 17.2 Å². The summed E-state index contributed by atoms with van der Waals surface area (Å²) in [6, 6.07) is 7.09. The first-order valence-corrected chi connectivity index (χ1v) is 6.89. The van der Waals surface area contributed by atoms with Crippen LogP contribution in [0.5, 0.6) is 0 Å². The lowest BCUT2D eigenvalue weighted by Gasteiger charge is -2.11. The summed E-state index contributed by atoms with van der Waals surface area (Å²) < 4.78 is 0. The average Bonchev–Trinajstić information content (AvgIpc) is 2.91. The minimum absolute atomic E-state index is 0.0295. The van der Waals surface area contributed by atoms with Crippen LogP contribution in [0, 0.1) is 0 Å². The summed E-state index contributed by atoms with van der Waals surface area (Å²) in [5, 5.41) is 3.03. The SMILES string of the molecule is NC(N)=NC(N)=Nc1ccc(C(=O)NC2CCCC2)cc1. The molecule has 1 fully saturated rings. The third kappa shape index (κ3) is 4.48. The van der Waals surface area contributed by atoms with Gasteiger partial charge < -0.3 is 22.5 Å². The molecule has 7 N–H and O–H groups in total. The Morgan fingerprint density at radius 1 is 1.10 bits per heavy atom. The summed E-state index contributed by atoms with van der Waals surface area (Å²) in [6.07, 6.45) is 4.48. The number of aliphatic imine (C=N–C) groups is 2. The predicted octanol–water partition coefficient (Wildman–Crippen LogP) is 0.579. The van der Waals surface area contributed by atoms with Crippen LogP contribution in [0.15, 0.2) is 34.3 Å². The molecule has 1 amide bonds. The van der Waals surface area contributed by atoms with E-state index in [2.05, 4.69) is 15.3 Å². The number of benzene rings is 1. The first kappa shape index (κ1) is 14.8. The van der Waals surface area contributed by atoms with Crippen molar-refractivity contribution in [2.75, 3.05) is 0 Å². The van der Waals surface area contributed by atoms with E-state index in [1.807, 2.05) is 0 Å². The number of rotatable bonds is 3. The fraction of sp³-hybridized carbons (Fsp3) is 0.357. The van der Waals surface area contributed by atoms with E-state index in [1.54, 1.807) is 24.3 Å². The Morgan fingerprint density at radius 2 is 1.71 bits per heavy atom. The van der Waals surface area contributed by atoms with Crippen LogP contribution in [0.3, 0.4) is 0 Å². The van der Waals surface area contributed by atoms with Crippen molar-refractivity contribution in [2.24, 2.45) is 27.2 Å². The lowest BCUT2D eigenvalue weighted by atomic mass is 10.1. The Kier molecular flexibility index (Phi) is 4.76. The maximum Gasteiger partial charge on any atom is 0.251 e. The van der Waals surface area contributed by atoms with Gasteiger partial charge in [-0.15, -0.1) is 0 Å². The van der Waals surface area contributed by atoms with Crippen LogP contribution in [0.25, 0.3) is 0 Å². The summed E-state index contributed by atoms with van der Waals surface area (Å²) in [5.41, 5.74) is 17.1. The standard InChI is InChI=1S/C14H20N6O/c15-13(16)20-14(17)19-11-7-5-9(6-8-11)12(21)18-10-3-1-2-4-10/h5-8,10H,1-4H2,(H,18,21)(H6,15,16,17,19,20). The summed E-state index contributed by atoms with van der Waals surface area (Å²) in [6.45, 7) is 0. The van der Waals surface area contributed by atoms with Crippen LogP contribution in [0.1, 0.15) is 36.0 Å². The molecule has 0 bridgehead atoms. The second-order valence-electron chi connectivity index (χ2n) is 5.01. The molecule has 0 atom stereocenters. The third-order valence-electron chi connectivity index (χ3n) is 3.31. The quantitative estimate of drug-likeness (QED) is 0.478. The van der Waals surface area contributed by atoms with Gasteiger partial charge >= 0.3 is 0 Å². The summed E-state index contributed by atoms with van der Waals surface area (Å²) in [7, 11) is 0. The molecule has 0 aromatic heterocycles. The van der Waals surface area contributed by atoms with Gasteiger partial charge in [-0.05, 0) is 37.1 Å². The van der Waals surface area contributed by atoms with Crippen LogP contribution >= 0.6 is 0 Å². The molecule has 0 radical (unpaired) electrons. The summed E-state index contributed by atoms with van der Waals surface area (Å²) >= 11 is 0. The molecule has 2 rings (SSSR count). The highest BCUT2D eigenvalue weighted by Gasteiger charge is 2.17. The van der Waals surface area contributed by atoms with Gasteiger partial charge in [0.25, 0.3) is 5.91 Å². The molecule has 0 unspecified atom stereocenters. The molecular weight excluding hydrogens is 268 g/mol. The Morgan fingerprint density at radius 3 is 2.29 bits per heavy atom. The molecule has 0 saturated heterocycles.